The molecule has 4 fully saturated rings. The first kappa shape index (κ1) is 18.2. The maximum Gasteiger partial charge on any atom is 0.225 e. The first-order chi connectivity index (χ1) is 13.5. The van der Waals surface area contributed by atoms with Gasteiger partial charge in [0.15, 0.2) is 5.75 Å². The van der Waals surface area contributed by atoms with Crippen molar-refractivity contribution in [3.8, 4) is 11.5 Å². The molecule has 2 aromatic rings. The maximum atomic E-state index is 13.0. The van der Waals surface area contributed by atoms with Gasteiger partial charge in [0.05, 0.1) is 5.69 Å². The van der Waals surface area contributed by atoms with Gasteiger partial charge in [0.2, 0.25) is 5.91 Å². The van der Waals surface area contributed by atoms with E-state index in [9.17, 15) is 4.79 Å². The summed E-state index contributed by atoms with van der Waals surface area (Å²) in [6, 6.07) is 17.4. The zero-order valence-electron chi connectivity index (χ0n) is 16.0. The molecule has 2 atom stereocenters. The highest BCUT2D eigenvalue weighted by Crippen LogP contribution is 2.65. The number of carbonyl (C=O) groups excluding carboxylic acids is 1. The van der Waals surface area contributed by atoms with Crippen molar-refractivity contribution in [1.82, 2.24) is 0 Å². The molecule has 0 heterocycles. The second-order valence-corrected chi connectivity index (χ2v) is 10.9. The van der Waals surface area contributed by atoms with Crippen LogP contribution in [0.2, 0.25) is 0 Å². The highest BCUT2D eigenvalue weighted by Gasteiger charge is 2.57. The quantitative estimate of drug-likeness (QED) is 0.536. The lowest BCUT2D eigenvalue weighted by Gasteiger charge is -2.60. The van der Waals surface area contributed by atoms with Crippen molar-refractivity contribution in [3.63, 3.8) is 0 Å². The third kappa shape index (κ3) is 3.59. The Morgan fingerprint density at radius 2 is 1.68 bits per heavy atom. The van der Waals surface area contributed by atoms with Crippen LogP contribution in [0.4, 0.5) is 5.69 Å². The van der Waals surface area contributed by atoms with Crippen molar-refractivity contribution in [3.05, 3.63) is 54.6 Å². The smallest absolute Gasteiger partial charge is 0.225 e. The number of para-hydroxylation sites is 3. The van der Waals surface area contributed by atoms with E-state index in [0.29, 0.717) is 12.2 Å². The van der Waals surface area contributed by atoms with E-state index in [4.69, 9.17) is 4.74 Å². The van der Waals surface area contributed by atoms with E-state index >= 15 is 0 Å². The van der Waals surface area contributed by atoms with Gasteiger partial charge in [0.1, 0.15) is 5.75 Å². The molecule has 0 saturated heterocycles. The average Bonchev–Trinajstić information content (AvgIpc) is 2.61. The van der Waals surface area contributed by atoms with Crippen LogP contribution in [0.3, 0.4) is 0 Å². The third-order valence-electron chi connectivity index (χ3n) is 6.78. The first-order valence-corrected chi connectivity index (χ1v) is 11.1. The lowest BCUT2D eigenvalue weighted by Crippen LogP contribution is -2.53. The lowest BCUT2D eigenvalue weighted by atomic mass is 9.48. The molecule has 4 heteroatoms. The lowest BCUT2D eigenvalue weighted by molar-refractivity contribution is -0.123. The fraction of sp³-hybridized carbons (Fsp3) is 0.458. The zero-order chi connectivity index (χ0) is 19.2. The number of hydrogen-bond donors (Lipinski definition) is 1. The average molecular weight is 440 g/mol. The highest BCUT2D eigenvalue weighted by atomic mass is 79.9. The second kappa shape index (κ2) is 6.91. The fourth-order valence-corrected chi connectivity index (χ4v) is 7.86. The summed E-state index contributed by atoms with van der Waals surface area (Å²) in [6.07, 6.45) is 8.14. The van der Waals surface area contributed by atoms with Gasteiger partial charge in [0, 0.05) is 10.7 Å². The van der Waals surface area contributed by atoms with Crippen LogP contribution in [0, 0.1) is 17.3 Å². The molecule has 0 aromatic heterocycles. The molecule has 4 saturated carbocycles. The van der Waals surface area contributed by atoms with E-state index in [2.05, 4.69) is 21.2 Å². The maximum absolute atomic E-state index is 13.0. The molecule has 4 bridgehead atoms. The number of rotatable bonds is 5. The molecule has 4 aliphatic rings. The molecule has 1 amide bonds. The summed E-state index contributed by atoms with van der Waals surface area (Å²) in [5.74, 6) is 3.16. The molecule has 28 heavy (non-hydrogen) atoms. The van der Waals surface area contributed by atoms with Crippen molar-refractivity contribution in [2.24, 2.45) is 17.3 Å². The summed E-state index contributed by atoms with van der Waals surface area (Å²) < 4.78 is 6.28. The number of benzene rings is 2. The Morgan fingerprint density at radius 1 is 1.00 bits per heavy atom. The predicted octanol–water partition coefficient (Wildman–Crippen LogP) is 6.54. The van der Waals surface area contributed by atoms with Gasteiger partial charge >= 0.3 is 0 Å². The Bertz CT molecular complexity index is 867. The van der Waals surface area contributed by atoms with Crippen LogP contribution in [0.15, 0.2) is 54.6 Å². The number of amides is 1. The van der Waals surface area contributed by atoms with Gasteiger partial charge < -0.3 is 10.1 Å². The van der Waals surface area contributed by atoms with E-state index in [-0.39, 0.29) is 15.6 Å². The van der Waals surface area contributed by atoms with Crippen LogP contribution >= 0.6 is 15.9 Å². The molecule has 4 aliphatic carbocycles. The Labute approximate surface area is 175 Å². The zero-order valence-corrected chi connectivity index (χ0v) is 17.6. The van der Waals surface area contributed by atoms with Crippen molar-refractivity contribution in [1.29, 1.82) is 0 Å². The topological polar surface area (TPSA) is 38.3 Å². The molecule has 0 unspecified atom stereocenters. The molecule has 1 N–H and O–H groups in total. The van der Waals surface area contributed by atoms with Crippen LogP contribution in [0.25, 0.3) is 0 Å². The van der Waals surface area contributed by atoms with Crippen molar-refractivity contribution in [2.75, 3.05) is 5.32 Å². The molecule has 3 nitrogen and oxygen atoms in total. The minimum atomic E-state index is 0.113. The molecule has 0 spiro atoms. The van der Waals surface area contributed by atoms with Crippen molar-refractivity contribution < 1.29 is 9.53 Å². The Kier molecular flexibility index (Phi) is 4.50. The summed E-state index contributed by atoms with van der Waals surface area (Å²) in [5.41, 5.74) is 0.919. The number of carbonyl (C=O) groups is 1. The number of nitrogens with one attached hydrogen (secondary N) is 1. The number of ether oxygens (including phenoxy) is 1. The van der Waals surface area contributed by atoms with Crippen LogP contribution in [-0.4, -0.2) is 10.2 Å². The predicted molar refractivity (Wildman–Crippen MR) is 115 cm³/mol. The number of halogens is 1. The minimum Gasteiger partial charge on any atom is -0.455 e. The standard InChI is InChI=1S/C24H26BrNO2/c25-24-13-17-10-18(14-24)12-23(11-17,16-24)15-22(27)26-20-8-4-5-9-21(20)28-19-6-2-1-3-7-19/h1-9,17-18H,10-16H2,(H,26,27)/t17-,18-,23?,24?/m1/s1. The van der Waals surface area contributed by atoms with Gasteiger partial charge in [-0.1, -0.05) is 46.3 Å². The molecular formula is C24H26BrNO2. The summed E-state index contributed by atoms with van der Waals surface area (Å²) in [4.78, 5) is 13.0. The van der Waals surface area contributed by atoms with Gasteiger partial charge in [-0.2, -0.15) is 0 Å². The van der Waals surface area contributed by atoms with Crippen LogP contribution in [-0.2, 0) is 4.79 Å². The molecular weight excluding hydrogens is 414 g/mol. The third-order valence-corrected chi connectivity index (χ3v) is 7.71. The monoisotopic (exact) mass is 439 g/mol. The van der Waals surface area contributed by atoms with Crippen molar-refractivity contribution in [2.45, 2.75) is 49.3 Å². The van der Waals surface area contributed by atoms with Crippen LogP contribution in [0.5, 0.6) is 11.5 Å². The Morgan fingerprint density at radius 3 is 2.39 bits per heavy atom. The molecule has 2 aromatic carbocycles. The number of hydrogen-bond acceptors (Lipinski definition) is 2. The van der Waals surface area contributed by atoms with Gasteiger partial charge in [-0.15, -0.1) is 0 Å². The second-order valence-electron chi connectivity index (χ2n) is 9.25. The van der Waals surface area contributed by atoms with Gasteiger partial charge in [-0.25, -0.2) is 0 Å². The summed E-state index contributed by atoms with van der Waals surface area (Å²) in [5, 5.41) is 3.14. The molecule has 146 valence electrons. The van der Waals surface area contributed by atoms with E-state index in [1.807, 2.05) is 54.6 Å². The minimum absolute atomic E-state index is 0.113. The molecule has 0 radical (unpaired) electrons. The largest absolute Gasteiger partial charge is 0.455 e. The van der Waals surface area contributed by atoms with Crippen LogP contribution < -0.4 is 10.1 Å². The highest BCUT2D eigenvalue weighted by molar-refractivity contribution is 9.10. The molecule has 0 aliphatic heterocycles. The Hall–Kier alpha value is -1.81. The fourth-order valence-electron chi connectivity index (χ4n) is 6.35. The Balaban J connectivity index is 1.30. The van der Waals surface area contributed by atoms with Crippen molar-refractivity contribution >= 4 is 27.5 Å². The number of alkyl halides is 1. The molecule has 6 rings (SSSR count). The van der Waals surface area contributed by atoms with Gasteiger partial charge in [-0.05, 0) is 80.0 Å². The van der Waals surface area contributed by atoms with E-state index in [1.165, 1.54) is 32.1 Å². The van der Waals surface area contributed by atoms with E-state index in [1.54, 1.807) is 0 Å². The van der Waals surface area contributed by atoms with Gasteiger partial charge in [0.25, 0.3) is 0 Å². The van der Waals surface area contributed by atoms with Gasteiger partial charge in [-0.3, -0.25) is 4.79 Å². The summed E-state index contributed by atoms with van der Waals surface area (Å²) >= 11 is 4.05. The van der Waals surface area contributed by atoms with E-state index < -0.39 is 0 Å². The van der Waals surface area contributed by atoms with E-state index in [0.717, 1.165) is 29.7 Å². The van der Waals surface area contributed by atoms with Crippen LogP contribution in [0.1, 0.15) is 44.9 Å². The number of anilines is 1. The SMILES string of the molecule is O=C(CC12C[C@H]3C[C@@H](CC(Br)(C3)C1)C2)Nc1ccccc1Oc1ccccc1. The normalized spacial score (nSPS) is 32.9. The first-order valence-electron chi connectivity index (χ1n) is 10.3. The summed E-state index contributed by atoms with van der Waals surface area (Å²) in [6.45, 7) is 0. The summed E-state index contributed by atoms with van der Waals surface area (Å²) in [7, 11) is 0.